The van der Waals surface area contributed by atoms with E-state index in [2.05, 4.69) is 94.2 Å². The first-order valence-corrected chi connectivity index (χ1v) is 12.1. The van der Waals surface area contributed by atoms with Gasteiger partial charge in [0.25, 0.3) is 5.95 Å². The summed E-state index contributed by atoms with van der Waals surface area (Å²) in [5.41, 5.74) is 12.3. The van der Waals surface area contributed by atoms with Crippen LogP contribution >= 0.6 is 0 Å². The smallest absolute Gasteiger partial charge is 0.274 e. The molecule has 1 N–H and O–H groups in total. The third-order valence-corrected chi connectivity index (χ3v) is 7.04. The molecule has 3 aromatic heterocycles. The van der Waals surface area contributed by atoms with Crippen LogP contribution in [0.2, 0.25) is 0 Å². The standard InChI is InChI=1S/C27H28N8/c1-6-23-29-24-15(2)13-17(4)28-26(24)35(23)25-16(3)14-22-20(18(25)5)12-11-19-9-7-8-10-21(19)34(22)27-30-32-33-31-27/h7-10,13-14H,6,11-12H2,1-5H3,(H,30,31,32,33). The van der Waals surface area contributed by atoms with Gasteiger partial charge in [0.1, 0.15) is 11.3 Å². The number of aromatic nitrogens is 7. The maximum atomic E-state index is 5.01. The van der Waals surface area contributed by atoms with Crippen LogP contribution in [0.1, 0.15) is 46.3 Å². The Hall–Kier alpha value is -4.07. The number of hydrogen-bond donors (Lipinski definition) is 1. The Balaban J connectivity index is 1.65. The Morgan fingerprint density at radius 3 is 2.54 bits per heavy atom. The molecule has 0 unspecified atom stereocenters. The molecule has 0 amide bonds. The lowest BCUT2D eigenvalue weighted by Gasteiger charge is -2.26. The summed E-state index contributed by atoms with van der Waals surface area (Å²) < 4.78 is 2.27. The highest BCUT2D eigenvalue weighted by molar-refractivity contribution is 5.83. The number of nitrogens with one attached hydrogen (secondary N) is 1. The van der Waals surface area contributed by atoms with Gasteiger partial charge in [0.05, 0.1) is 17.1 Å². The fourth-order valence-corrected chi connectivity index (χ4v) is 5.52. The second-order valence-corrected chi connectivity index (χ2v) is 9.31. The molecule has 1 aliphatic heterocycles. The summed E-state index contributed by atoms with van der Waals surface area (Å²) in [6, 6.07) is 12.8. The minimum atomic E-state index is 0.544. The minimum absolute atomic E-state index is 0.544. The van der Waals surface area contributed by atoms with Gasteiger partial charge in [-0.15, -0.1) is 5.10 Å². The number of anilines is 3. The molecular weight excluding hydrogens is 436 g/mol. The molecule has 0 fully saturated rings. The second-order valence-electron chi connectivity index (χ2n) is 9.31. The lowest BCUT2D eigenvalue weighted by molar-refractivity contribution is 0.880. The van der Waals surface area contributed by atoms with Crippen molar-refractivity contribution in [3.8, 4) is 5.69 Å². The van der Waals surface area contributed by atoms with Gasteiger partial charge in [0, 0.05) is 12.1 Å². The van der Waals surface area contributed by atoms with E-state index in [0.717, 1.165) is 64.4 Å². The van der Waals surface area contributed by atoms with Crippen molar-refractivity contribution in [1.29, 1.82) is 0 Å². The van der Waals surface area contributed by atoms with Gasteiger partial charge in [-0.05, 0) is 91.8 Å². The second kappa shape index (κ2) is 8.01. The van der Waals surface area contributed by atoms with Crippen LogP contribution in [0.4, 0.5) is 17.3 Å². The van der Waals surface area contributed by atoms with E-state index in [1.54, 1.807) is 0 Å². The number of rotatable bonds is 3. The first-order valence-electron chi connectivity index (χ1n) is 12.1. The summed E-state index contributed by atoms with van der Waals surface area (Å²) in [5, 5.41) is 15.2. The number of aryl methyl sites for hydroxylation is 5. The Bertz CT molecular complexity index is 1580. The molecule has 1 aliphatic rings. The zero-order chi connectivity index (χ0) is 24.3. The van der Waals surface area contributed by atoms with Crippen molar-refractivity contribution in [2.75, 3.05) is 4.90 Å². The zero-order valence-electron chi connectivity index (χ0n) is 20.7. The summed E-state index contributed by atoms with van der Waals surface area (Å²) in [6.45, 7) is 10.7. The summed E-state index contributed by atoms with van der Waals surface area (Å²) >= 11 is 0. The van der Waals surface area contributed by atoms with Crippen molar-refractivity contribution in [2.45, 2.75) is 53.9 Å². The van der Waals surface area contributed by atoms with E-state index in [-0.39, 0.29) is 0 Å². The van der Waals surface area contributed by atoms with Gasteiger partial charge >= 0.3 is 0 Å². The number of hydrogen-bond acceptors (Lipinski definition) is 6. The van der Waals surface area contributed by atoms with Gasteiger partial charge in [-0.25, -0.2) is 9.97 Å². The molecule has 4 heterocycles. The molecule has 0 spiro atoms. The van der Waals surface area contributed by atoms with Crippen LogP contribution in [0.25, 0.3) is 16.9 Å². The van der Waals surface area contributed by atoms with Crippen LogP contribution < -0.4 is 4.90 Å². The molecule has 0 bridgehead atoms. The van der Waals surface area contributed by atoms with E-state index in [9.17, 15) is 0 Å². The minimum Gasteiger partial charge on any atom is -0.280 e. The zero-order valence-corrected chi connectivity index (χ0v) is 20.7. The fraction of sp³-hybridized carbons (Fsp3) is 0.296. The highest BCUT2D eigenvalue weighted by Gasteiger charge is 2.28. The molecular formula is C27H28N8. The number of aromatic amines is 1. The summed E-state index contributed by atoms with van der Waals surface area (Å²) in [4.78, 5) is 12.1. The first-order chi connectivity index (χ1) is 17.0. The van der Waals surface area contributed by atoms with Gasteiger partial charge in [0.15, 0.2) is 5.65 Å². The van der Waals surface area contributed by atoms with Gasteiger partial charge in [-0.3, -0.25) is 9.47 Å². The third kappa shape index (κ3) is 3.24. The number of benzene rings is 2. The largest absolute Gasteiger partial charge is 0.280 e. The number of H-pyrrole nitrogens is 1. The number of nitrogens with zero attached hydrogens (tertiary/aromatic N) is 7. The van der Waals surface area contributed by atoms with Crippen LogP contribution in [0.15, 0.2) is 36.4 Å². The third-order valence-electron chi connectivity index (χ3n) is 7.04. The molecule has 5 aromatic rings. The topological polar surface area (TPSA) is 88.4 Å². The van der Waals surface area contributed by atoms with Crippen molar-refractivity contribution in [3.63, 3.8) is 0 Å². The van der Waals surface area contributed by atoms with E-state index < -0.39 is 0 Å². The highest BCUT2D eigenvalue weighted by atomic mass is 15.5. The lowest BCUT2D eigenvalue weighted by Crippen LogP contribution is -2.16. The Morgan fingerprint density at radius 1 is 0.943 bits per heavy atom. The van der Waals surface area contributed by atoms with Crippen LogP contribution in [0, 0.1) is 27.7 Å². The van der Waals surface area contributed by atoms with Crippen molar-refractivity contribution < 1.29 is 0 Å². The van der Waals surface area contributed by atoms with Crippen molar-refractivity contribution in [3.05, 3.63) is 75.7 Å². The molecule has 8 nitrogen and oxygen atoms in total. The quantitative estimate of drug-likeness (QED) is 0.390. The van der Waals surface area contributed by atoms with Crippen LogP contribution in [-0.4, -0.2) is 35.2 Å². The lowest BCUT2D eigenvalue weighted by atomic mass is 9.95. The molecule has 0 radical (unpaired) electrons. The first kappa shape index (κ1) is 21.5. The summed E-state index contributed by atoms with van der Waals surface area (Å²) in [5.74, 6) is 1.57. The maximum absolute atomic E-state index is 5.01. The Morgan fingerprint density at radius 2 is 1.77 bits per heavy atom. The van der Waals surface area contributed by atoms with Gasteiger partial charge in [-0.1, -0.05) is 30.2 Å². The number of tetrazole rings is 1. The van der Waals surface area contributed by atoms with Gasteiger partial charge in [-0.2, -0.15) is 5.21 Å². The maximum Gasteiger partial charge on any atom is 0.274 e. The van der Waals surface area contributed by atoms with Gasteiger partial charge in [0.2, 0.25) is 0 Å². The van der Waals surface area contributed by atoms with E-state index in [1.807, 2.05) is 6.92 Å². The average Bonchev–Trinajstić information content (AvgIpc) is 3.45. The Labute approximate surface area is 204 Å². The SMILES string of the molecule is CCc1nc2c(C)cc(C)nc2n1-c1c(C)cc2c(c1C)CCc1ccccc1N2c1nn[nH]n1. The highest BCUT2D eigenvalue weighted by Crippen LogP contribution is 2.43. The van der Waals surface area contributed by atoms with Gasteiger partial charge < -0.3 is 0 Å². The van der Waals surface area contributed by atoms with Crippen molar-refractivity contribution in [1.82, 2.24) is 35.2 Å². The number of pyridine rings is 1. The summed E-state index contributed by atoms with van der Waals surface area (Å²) in [6.07, 6.45) is 2.67. The molecule has 0 aliphatic carbocycles. The van der Waals surface area contributed by atoms with E-state index in [0.29, 0.717) is 5.95 Å². The van der Waals surface area contributed by atoms with E-state index in [4.69, 9.17) is 9.97 Å². The normalized spacial score (nSPS) is 13.1. The van der Waals surface area contributed by atoms with E-state index in [1.165, 1.54) is 22.4 Å². The molecule has 0 atom stereocenters. The fourth-order valence-electron chi connectivity index (χ4n) is 5.52. The van der Waals surface area contributed by atoms with Crippen LogP contribution in [0.3, 0.4) is 0 Å². The molecule has 0 saturated carbocycles. The molecule has 35 heavy (non-hydrogen) atoms. The molecule has 0 saturated heterocycles. The number of fused-ring (bicyclic) bond motifs is 3. The van der Waals surface area contributed by atoms with Crippen molar-refractivity contribution in [2.24, 2.45) is 0 Å². The number of imidazole rings is 1. The molecule has 6 rings (SSSR count). The Kier molecular flexibility index (Phi) is 4.91. The predicted molar refractivity (Wildman–Crippen MR) is 137 cm³/mol. The number of para-hydroxylation sites is 1. The average molecular weight is 465 g/mol. The van der Waals surface area contributed by atoms with Crippen LogP contribution in [-0.2, 0) is 19.3 Å². The molecule has 176 valence electrons. The van der Waals surface area contributed by atoms with Crippen molar-refractivity contribution >= 4 is 28.5 Å². The predicted octanol–water partition coefficient (Wildman–Crippen LogP) is 5.30. The monoisotopic (exact) mass is 464 g/mol. The van der Waals surface area contributed by atoms with E-state index >= 15 is 0 Å². The summed E-state index contributed by atoms with van der Waals surface area (Å²) in [7, 11) is 0. The molecule has 8 heteroatoms. The van der Waals surface area contributed by atoms with Crippen LogP contribution in [0.5, 0.6) is 0 Å². The molecule has 2 aromatic carbocycles.